The van der Waals surface area contributed by atoms with Crippen LogP contribution in [-0.4, -0.2) is 32.5 Å². The number of nitrogens with zero attached hydrogens (tertiary/aromatic N) is 2. The van der Waals surface area contributed by atoms with Gasteiger partial charge in [0.05, 0.1) is 32.3 Å². The third-order valence-corrected chi connectivity index (χ3v) is 5.34. The predicted octanol–water partition coefficient (Wildman–Crippen LogP) is 2.68. The van der Waals surface area contributed by atoms with E-state index in [1.54, 1.807) is 29.9 Å². The highest BCUT2D eigenvalue weighted by Crippen LogP contribution is 2.46. The highest BCUT2D eigenvalue weighted by atomic mass is 16.5. The van der Waals surface area contributed by atoms with Crippen LogP contribution < -0.4 is 25.5 Å². The van der Waals surface area contributed by atoms with Crippen molar-refractivity contribution in [2.24, 2.45) is 5.73 Å². The molecule has 0 saturated carbocycles. The van der Waals surface area contributed by atoms with Crippen LogP contribution in [0.5, 0.6) is 17.2 Å². The van der Waals surface area contributed by atoms with Crippen LogP contribution in [0, 0.1) is 11.3 Å². The third-order valence-electron chi connectivity index (χ3n) is 5.34. The largest absolute Gasteiger partial charge is 0.493 e. The molecule has 0 fully saturated rings. The third kappa shape index (κ3) is 3.97. The lowest BCUT2D eigenvalue weighted by atomic mass is 9.83. The highest BCUT2D eigenvalue weighted by molar-refractivity contribution is 5.60. The van der Waals surface area contributed by atoms with E-state index in [1.165, 1.54) is 14.2 Å². The van der Waals surface area contributed by atoms with Crippen LogP contribution in [0.25, 0.3) is 0 Å². The van der Waals surface area contributed by atoms with Crippen molar-refractivity contribution in [3.05, 3.63) is 62.9 Å². The number of nitrogens with two attached hydrogens (primary N) is 1. The van der Waals surface area contributed by atoms with Crippen LogP contribution >= 0.6 is 0 Å². The first-order valence-electron chi connectivity index (χ1n) is 10.1. The molecule has 0 amide bonds. The number of aromatic nitrogens is 1. The number of aryl methyl sites for hydroxylation is 1. The number of methoxy groups -OCH3 is 3. The van der Waals surface area contributed by atoms with E-state index in [2.05, 4.69) is 6.07 Å². The lowest BCUT2D eigenvalue weighted by molar-refractivity contribution is 0.185. The van der Waals surface area contributed by atoms with Gasteiger partial charge in [-0.2, -0.15) is 5.26 Å². The summed E-state index contributed by atoms with van der Waals surface area (Å²) in [7, 11) is 4.64. The summed E-state index contributed by atoms with van der Waals surface area (Å²) in [5.41, 5.74) is 7.80. The zero-order chi connectivity index (χ0) is 22.5. The number of nitriles is 1. The molecule has 1 aliphatic rings. The predicted molar refractivity (Wildman–Crippen MR) is 115 cm³/mol. The first-order chi connectivity index (χ1) is 15.0. The Labute approximate surface area is 181 Å². The van der Waals surface area contributed by atoms with Gasteiger partial charge in [0, 0.05) is 31.0 Å². The molecule has 31 heavy (non-hydrogen) atoms. The summed E-state index contributed by atoms with van der Waals surface area (Å²) in [4.78, 5) is 13.7. The monoisotopic (exact) mass is 425 g/mol. The van der Waals surface area contributed by atoms with E-state index < -0.39 is 5.92 Å². The van der Waals surface area contributed by atoms with Crippen LogP contribution in [0.1, 0.15) is 36.1 Å². The second-order valence-electron chi connectivity index (χ2n) is 7.12. The fourth-order valence-electron chi connectivity index (χ4n) is 3.96. The van der Waals surface area contributed by atoms with Crippen molar-refractivity contribution in [2.45, 2.75) is 32.2 Å². The first-order valence-corrected chi connectivity index (χ1v) is 10.1. The van der Waals surface area contributed by atoms with Gasteiger partial charge in [-0.15, -0.1) is 0 Å². The van der Waals surface area contributed by atoms with E-state index >= 15 is 0 Å². The Morgan fingerprint density at radius 1 is 1.26 bits per heavy atom. The number of rotatable bonds is 8. The average molecular weight is 425 g/mol. The lowest BCUT2D eigenvalue weighted by Crippen LogP contribution is -2.34. The van der Waals surface area contributed by atoms with Crippen LogP contribution in [0.3, 0.4) is 0 Å². The number of hydrogen-bond acceptors (Lipinski definition) is 7. The topological polar surface area (TPSA) is 109 Å². The molecule has 0 aliphatic carbocycles. The van der Waals surface area contributed by atoms with Crippen LogP contribution in [0.2, 0.25) is 0 Å². The van der Waals surface area contributed by atoms with Gasteiger partial charge in [-0.3, -0.25) is 4.79 Å². The minimum Gasteiger partial charge on any atom is -0.493 e. The van der Waals surface area contributed by atoms with Gasteiger partial charge < -0.3 is 29.2 Å². The molecule has 0 spiro atoms. The molecule has 1 atom stereocenters. The number of pyridine rings is 1. The molecule has 8 nitrogen and oxygen atoms in total. The van der Waals surface area contributed by atoms with Gasteiger partial charge in [0.1, 0.15) is 17.4 Å². The van der Waals surface area contributed by atoms with E-state index in [0.29, 0.717) is 47.9 Å². The number of para-hydroxylation sites is 1. The molecule has 0 saturated heterocycles. The molecule has 3 rings (SSSR count). The smallest absolute Gasteiger partial charge is 0.258 e. The van der Waals surface area contributed by atoms with Crippen molar-refractivity contribution in [2.75, 3.05) is 27.9 Å². The molecule has 1 unspecified atom stereocenters. The molecule has 164 valence electrons. The molecule has 2 heterocycles. The maximum absolute atomic E-state index is 13.7. The van der Waals surface area contributed by atoms with Gasteiger partial charge >= 0.3 is 0 Å². The minimum absolute atomic E-state index is 0.0265. The molecule has 1 aromatic heterocycles. The second kappa shape index (κ2) is 9.58. The second-order valence-corrected chi connectivity index (χ2v) is 7.12. The van der Waals surface area contributed by atoms with Gasteiger partial charge in [0.25, 0.3) is 5.56 Å². The Balaban J connectivity index is 2.34. The number of fused-ring (bicyclic) bond motifs is 1. The summed E-state index contributed by atoms with van der Waals surface area (Å²) in [5, 5.41) is 9.88. The SMILES string of the molecule is CCCc1cc2c(c(=O)n1CCOC)C(c1cccc(OC)c1OC)C(C#N)=C(N)O2. The highest BCUT2D eigenvalue weighted by Gasteiger charge is 2.36. The van der Waals surface area contributed by atoms with E-state index in [0.717, 1.165) is 12.1 Å². The summed E-state index contributed by atoms with van der Waals surface area (Å²) < 4.78 is 23.7. The summed E-state index contributed by atoms with van der Waals surface area (Å²) in [6.45, 7) is 2.81. The van der Waals surface area contributed by atoms with Crippen molar-refractivity contribution in [3.63, 3.8) is 0 Å². The molecular weight excluding hydrogens is 398 g/mol. The fourth-order valence-corrected chi connectivity index (χ4v) is 3.96. The Morgan fingerprint density at radius 2 is 2.03 bits per heavy atom. The van der Waals surface area contributed by atoms with Crippen molar-refractivity contribution < 1.29 is 18.9 Å². The maximum Gasteiger partial charge on any atom is 0.258 e. The van der Waals surface area contributed by atoms with Gasteiger partial charge in [-0.05, 0) is 12.5 Å². The fraction of sp³-hybridized carbons (Fsp3) is 0.391. The van der Waals surface area contributed by atoms with E-state index in [1.807, 2.05) is 13.0 Å². The summed E-state index contributed by atoms with van der Waals surface area (Å²) in [6.07, 6.45) is 1.55. The Hall–Kier alpha value is -3.44. The minimum atomic E-state index is -0.754. The average Bonchev–Trinajstić information content (AvgIpc) is 2.77. The number of hydrogen-bond donors (Lipinski definition) is 1. The van der Waals surface area contributed by atoms with Gasteiger partial charge in [-0.1, -0.05) is 25.5 Å². The first kappa shape index (κ1) is 22.2. The zero-order valence-electron chi connectivity index (χ0n) is 18.2. The number of benzene rings is 1. The van der Waals surface area contributed by atoms with E-state index in [4.69, 9.17) is 24.7 Å². The Kier molecular flexibility index (Phi) is 6.88. The normalized spacial score (nSPS) is 15.1. The molecule has 1 aromatic carbocycles. The van der Waals surface area contributed by atoms with Crippen molar-refractivity contribution in [1.29, 1.82) is 5.26 Å². The lowest BCUT2D eigenvalue weighted by Gasteiger charge is -2.29. The molecule has 0 radical (unpaired) electrons. The van der Waals surface area contributed by atoms with Crippen LogP contribution in [0.4, 0.5) is 0 Å². The van der Waals surface area contributed by atoms with Crippen molar-refractivity contribution in [1.82, 2.24) is 4.57 Å². The quantitative estimate of drug-likeness (QED) is 0.692. The summed E-state index contributed by atoms with van der Waals surface area (Å²) >= 11 is 0. The van der Waals surface area contributed by atoms with Crippen LogP contribution in [-0.2, 0) is 17.7 Å². The number of ether oxygens (including phenoxy) is 4. The standard InChI is InChI=1S/C23H27N3O5/c1-5-7-14-12-18-20(23(27)26(14)10-11-28-2)19(16(13-24)22(25)31-18)15-8-6-9-17(29-3)21(15)30-4/h6,8-9,12,19H,5,7,10-11,25H2,1-4H3. The van der Waals surface area contributed by atoms with Crippen LogP contribution in [0.15, 0.2) is 40.5 Å². The maximum atomic E-state index is 13.7. The summed E-state index contributed by atoms with van der Waals surface area (Å²) in [6, 6.07) is 9.28. The Morgan fingerprint density at radius 3 is 2.65 bits per heavy atom. The molecule has 1 aliphatic heterocycles. The van der Waals surface area contributed by atoms with E-state index in [9.17, 15) is 10.1 Å². The molecular formula is C23H27N3O5. The van der Waals surface area contributed by atoms with Crippen molar-refractivity contribution in [3.8, 4) is 23.3 Å². The molecule has 0 bridgehead atoms. The van der Waals surface area contributed by atoms with Gasteiger partial charge in [-0.25, -0.2) is 0 Å². The molecule has 8 heteroatoms. The zero-order valence-corrected chi connectivity index (χ0v) is 18.2. The molecule has 2 aromatic rings. The summed E-state index contributed by atoms with van der Waals surface area (Å²) in [5.74, 6) is 0.501. The molecule has 2 N–H and O–H groups in total. The van der Waals surface area contributed by atoms with Gasteiger partial charge in [0.15, 0.2) is 11.5 Å². The van der Waals surface area contributed by atoms with Crippen molar-refractivity contribution >= 4 is 0 Å². The number of allylic oxidation sites excluding steroid dienone is 1. The van der Waals surface area contributed by atoms with E-state index in [-0.39, 0.29) is 17.0 Å². The Bertz CT molecular complexity index is 1100. The van der Waals surface area contributed by atoms with Gasteiger partial charge in [0.2, 0.25) is 5.88 Å².